The van der Waals surface area contributed by atoms with Gasteiger partial charge in [0.15, 0.2) is 0 Å². The van der Waals surface area contributed by atoms with Crippen LogP contribution < -0.4 is 10.2 Å². The van der Waals surface area contributed by atoms with E-state index in [4.69, 9.17) is 0 Å². The van der Waals surface area contributed by atoms with E-state index in [0.29, 0.717) is 19.5 Å². The van der Waals surface area contributed by atoms with Crippen molar-refractivity contribution in [2.75, 3.05) is 37.6 Å². The molecule has 1 atom stereocenters. The van der Waals surface area contributed by atoms with Crippen LogP contribution in [0.1, 0.15) is 32.3 Å². The molecule has 2 rings (SSSR count). The fourth-order valence-electron chi connectivity index (χ4n) is 3.06. The van der Waals surface area contributed by atoms with Gasteiger partial charge in [0.2, 0.25) is 11.8 Å². The fourth-order valence-corrected chi connectivity index (χ4v) is 3.06. The van der Waals surface area contributed by atoms with Gasteiger partial charge < -0.3 is 15.1 Å². The van der Waals surface area contributed by atoms with Crippen LogP contribution in [-0.2, 0) is 9.59 Å². The second kappa shape index (κ2) is 8.83. The van der Waals surface area contributed by atoms with Crippen molar-refractivity contribution in [1.29, 1.82) is 0 Å². The van der Waals surface area contributed by atoms with Gasteiger partial charge in [-0.3, -0.25) is 9.59 Å². The van der Waals surface area contributed by atoms with Gasteiger partial charge in [-0.15, -0.1) is 0 Å². The van der Waals surface area contributed by atoms with Crippen LogP contribution in [0.3, 0.4) is 0 Å². The zero-order chi connectivity index (χ0) is 17.5. The van der Waals surface area contributed by atoms with Crippen LogP contribution >= 0.6 is 0 Å². The highest BCUT2D eigenvalue weighted by Crippen LogP contribution is 2.25. The lowest BCUT2D eigenvalue weighted by molar-refractivity contribution is -0.126. The maximum Gasteiger partial charge on any atom is 0.227 e. The van der Waals surface area contributed by atoms with Gasteiger partial charge in [-0.25, -0.2) is 0 Å². The van der Waals surface area contributed by atoms with Crippen molar-refractivity contribution in [1.82, 2.24) is 10.2 Å². The first kappa shape index (κ1) is 18.5. The summed E-state index contributed by atoms with van der Waals surface area (Å²) < 4.78 is 0. The van der Waals surface area contributed by atoms with Crippen LogP contribution in [0, 0.1) is 12.8 Å². The third-order valence-electron chi connectivity index (χ3n) is 4.69. The lowest BCUT2D eigenvalue weighted by atomic mass is 10.1. The molecule has 0 spiro atoms. The first-order valence-corrected chi connectivity index (χ1v) is 8.92. The lowest BCUT2D eigenvalue weighted by Gasteiger charge is -2.18. The second-order valence-corrected chi connectivity index (χ2v) is 6.41. The van der Waals surface area contributed by atoms with Gasteiger partial charge in [-0.1, -0.05) is 31.5 Å². The molecule has 132 valence electrons. The number of benzene rings is 1. The Morgan fingerprint density at radius 2 is 1.92 bits per heavy atom. The molecule has 1 aromatic rings. The molecule has 1 saturated heterocycles. The summed E-state index contributed by atoms with van der Waals surface area (Å²) in [5.74, 6) is -0.216. The van der Waals surface area contributed by atoms with Crippen molar-refractivity contribution in [2.24, 2.45) is 5.92 Å². The third kappa shape index (κ3) is 4.81. The molecule has 1 fully saturated rings. The summed E-state index contributed by atoms with van der Waals surface area (Å²) in [5.41, 5.74) is 2.04. The van der Waals surface area contributed by atoms with E-state index in [1.165, 1.54) is 0 Å². The maximum atomic E-state index is 12.3. The van der Waals surface area contributed by atoms with E-state index in [9.17, 15) is 9.59 Å². The largest absolute Gasteiger partial charge is 0.356 e. The summed E-state index contributed by atoms with van der Waals surface area (Å²) in [6.07, 6.45) is 1.24. The Labute approximate surface area is 145 Å². The monoisotopic (exact) mass is 331 g/mol. The Morgan fingerprint density at radius 3 is 2.54 bits per heavy atom. The SMILES string of the molecule is CCN(CC)CCCNC(=O)C1CC(=O)N(c2ccc(C)cc2)C1. The number of nitrogens with one attached hydrogen (secondary N) is 1. The van der Waals surface area contributed by atoms with E-state index in [0.717, 1.165) is 37.3 Å². The van der Waals surface area contributed by atoms with E-state index in [2.05, 4.69) is 24.1 Å². The molecule has 0 saturated carbocycles. The van der Waals surface area contributed by atoms with E-state index < -0.39 is 0 Å². The smallest absolute Gasteiger partial charge is 0.227 e. The standard InChI is InChI=1S/C19H29N3O2/c1-4-21(5-2)12-6-11-20-19(24)16-13-18(23)22(14-16)17-9-7-15(3)8-10-17/h7-10,16H,4-6,11-14H2,1-3H3,(H,20,24). The highest BCUT2D eigenvalue weighted by molar-refractivity contribution is 6.00. The summed E-state index contributed by atoms with van der Waals surface area (Å²) in [6.45, 7) is 10.5. The van der Waals surface area contributed by atoms with Crippen molar-refractivity contribution in [3.05, 3.63) is 29.8 Å². The topological polar surface area (TPSA) is 52.7 Å². The van der Waals surface area contributed by atoms with Crippen molar-refractivity contribution in [3.63, 3.8) is 0 Å². The molecule has 5 nitrogen and oxygen atoms in total. The third-order valence-corrected chi connectivity index (χ3v) is 4.69. The molecule has 1 aromatic carbocycles. The Balaban J connectivity index is 1.80. The number of anilines is 1. The van der Waals surface area contributed by atoms with Crippen molar-refractivity contribution in [2.45, 2.75) is 33.6 Å². The quantitative estimate of drug-likeness (QED) is 0.743. The number of carbonyl (C=O) groups is 2. The highest BCUT2D eigenvalue weighted by Gasteiger charge is 2.34. The zero-order valence-corrected chi connectivity index (χ0v) is 15.0. The molecule has 5 heteroatoms. The van der Waals surface area contributed by atoms with E-state index in [1.807, 2.05) is 31.2 Å². The van der Waals surface area contributed by atoms with Gasteiger partial charge in [-0.05, 0) is 45.1 Å². The molecule has 24 heavy (non-hydrogen) atoms. The van der Waals surface area contributed by atoms with Crippen LogP contribution in [0.15, 0.2) is 24.3 Å². The molecule has 2 amide bonds. The highest BCUT2D eigenvalue weighted by atomic mass is 16.2. The zero-order valence-electron chi connectivity index (χ0n) is 15.0. The Bertz CT molecular complexity index is 552. The molecule has 0 aromatic heterocycles. The predicted molar refractivity (Wildman–Crippen MR) is 97.1 cm³/mol. The number of nitrogens with zero attached hydrogens (tertiary/aromatic N) is 2. The molecule has 0 aliphatic carbocycles. The summed E-state index contributed by atoms with van der Waals surface area (Å²) in [4.78, 5) is 28.6. The first-order valence-electron chi connectivity index (χ1n) is 8.92. The van der Waals surface area contributed by atoms with Crippen LogP contribution in [0.5, 0.6) is 0 Å². The van der Waals surface area contributed by atoms with Gasteiger partial charge in [0.1, 0.15) is 0 Å². The van der Waals surface area contributed by atoms with Gasteiger partial charge in [0.05, 0.1) is 5.92 Å². The molecular weight excluding hydrogens is 302 g/mol. The van der Waals surface area contributed by atoms with Crippen molar-refractivity contribution < 1.29 is 9.59 Å². The molecule has 1 aliphatic rings. The molecule has 1 unspecified atom stereocenters. The van der Waals surface area contributed by atoms with Crippen LogP contribution in [0.2, 0.25) is 0 Å². The fraction of sp³-hybridized carbons (Fsp3) is 0.579. The number of hydrogen-bond donors (Lipinski definition) is 1. The molecular formula is C19H29N3O2. The Kier molecular flexibility index (Phi) is 6.79. The molecule has 1 N–H and O–H groups in total. The number of rotatable bonds is 8. The summed E-state index contributed by atoms with van der Waals surface area (Å²) >= 11 is 0. The lowest BCUT2D eigenvalue weighted by Crippen LogP contribution is -2.35. The number of carbonyl (C=O) groups excluding carboxylic acids is 2. The normalized spacial score (nSPS) is 17.6. The van der Waals surface area contributed by atoms with E-state index in [-0.39, 0.29) is 17.7 Å². The Morgan fingerprint density at radius 1 is 1.25 bits per heavy atom. The van der Waals surface area contributed by atoms with Gasteiger partial charge in [0.25, 0.3) is 0 Å². The molecule has 0 bridgehead atoms. The van der Waals surface area contributed by atoms with Crippen LogP contribution in [0.25, 0.3) is 0 Å². The minimum absolute atomic E-state index is 0.00231. The van der Waals surface area contributed by atoms with Gasteiger partial charge >= 0.3 is 0 Å². The summed E-state index contributed by atoms with van der Waals surface area (Å²) in [7, 11) is 0. The molecule has 1 heterocycles. The Hall–Kier alpha value is -1.88. The minimum Gasteiger partial charge on any atom is -0.356 e. The predicted octanol–water partition coefficient (Wildman–Crippen LogP) is 2.20. The minimum atomic E-state index is -0.243. The van der Waals surface area contributed by atoms with Crippen LogP contribution in [0.4, 0.5) is 5.69 Å². The van der Waals surface area contributed by atoms with E-state index >= 15 is 0 Å². The van der Waals surface area contributed by atoms with E-state index in [1.54, 1.807) is 4.90 Å². The second-order valence-electron chi connectivity index (χ2n) is 6.41. The maximum absolute atomic E-state index is 12.3. The number of hydrogen-bond acceptors (Lipinski definition) is 3. The van der Waals surface area contributed by atoms with Crippen molar-refractivity contribution in [3.8, 4) is 0 Å². The van der Waals surface area contributed by atoms with Crippen molar-refractivity contribution >= 4 is 17.5 Å². The number of aryl methyl sites for hydroxylation is 1. The summed E-state index contributed by atoms with van der Waals surface area (Å²) in [5, 5.41) is 2.99. The average Bonchev–Trinajstić information content (AvgIpc) is 2.97. The average molecular weight is 331 g/mol. The molecule has 0 radical (unpaired) electrons. The van der Waals surface area contributed by atoms with Gasteiger partial charge in [0, 0.05) is 25.2 Å². The summed E-state index contributed by atoms with van der Waals surface area (Å²) in [6, 6.07) is 7.86. The first-order chi connectivity index (χ1) is 11.5. The number of amides is 2. The molecule has 1 aliphatic heterocycles. The van der Waals surface area contributed by atoms with Crippen LogP contribution in [-0.4, -0.2) is 49.4 Å². The van der Waals surface area contributed by atoms with Gasteiger partial charge in [-0.2, -0.15) is 0 Å².